The number of hydrogen-bond acceptors (Lipinski definition) is 5. The summed E-state index contributed by atoms with van der Waals surface area (Å²) in [5.41, 5.74) is 5.22. The Bertz CT molecular complexity index is 1060. The van der Waals surface area contributed by atoms with Crippen molar-refractivity contribution >= 4 is 23.5 Å². The molecule has 2 aromatic carbocycles. The molecule has 1 fully saturated rings. The van der Waals surface area contributed by atoms with E-state index in [1.807, 2.05) is 0 Å². The van der Waals surface area contributed by atoms with Gasteiger partial charge in [-0.3, -0.25) is 9.59 Å². The topological polar surface area (TPSA) is 92.9 Å². The van der Waals surface area contributed by atoms with Crippen LogP contribution in [0.1, 0.15) is 36.7 Å². The lowest BCUT2D eigenvalue weighted by molar-refractivity contribution is -0.127. The predicted octanol–water partition coefficient (Wildman–Crippen LogP) is 3.51. The zero-order valence-corrected chi connectivity index (χ0v) is 18.8. The minimum atomic E-state index is -0.674. The summed E-state index contributed by atoms with van der Waals surface area (Å²) in [6.07, 6.45) is -0.518. The molecule has 1 aliphatic rings. The molecule has 9 heteroatoms. The van der Waals surface area contributed by atoms with Gasteiger partial charge in [-0.05, 0) is 45.0 Å². The fourth-order valence-electron chi connectivity index (χ4n) is 3.41. The number of halogens is 2. The number of carbonyl (C=O) groups is 3. The summed E-state index contributed by atoms with van der Waals surface area (Å²) >= 11 is 0. The van der Waals surface area contributed by atoms with Gasteiger partial charge in [-0.2, -0.15) is 0 Å². The quantitative estimate of drug-likeness (QED) is 0.668. The average Bonchev–Trinajstić information content (AvgIpc) is 2.69. The van der Waals surface area contributed by atoms with Crippen molar-refractivity contribution in [1.29, 1.82) is 0 Å². The smallest absolute Gasteiger partial charge is 0.410 e. The van der Waals surface area contributed by atoms with Gasteiger partial charge in [-0.15, -0.1) is 0 Å². The van der Waals surface area contributed by atoms with Crippen molar-refractivity contribution in [3.8, 4) is 0 Å². The van der Waals surface area contributed by atoms with E-state index in [1.54, 1.807) is 26.8 Å². The molecule has 3 rings (SSSR count). The van der Waals surface area contributed by atoms with Crippen LogP contribution in [0.4, 0.5) is 19.3 Å². The molecule has 7 nitrogen and oxygen atoms in total. The SMILES string of the molecule is CC(C)(C)OC(=O)N1CC(C(=O)N(Cc2ccc(C(=O)CN)cc2F)c2cccc(F)c2)C1. The van der Waals surface area contributed by atoms with Crippen LogP contribution in [0.2, 0.25) is 0 Å². The molecule has 2 N–H and O–H groups in total. The number of likely N-dealkylation sites (tertiary alicyclic amines) is 1. The van der Waals surface area contributed by atoms with Crippen molar-refractivity contribution in [2.45, 2.75) is 32.9 Å². The standard InChI is InChI=1S/C24H27F2N3O4/c1-24(2,3)33-23(32)28-12-17(13-28)22(31)29(19-6-4-5-18(25)10-19)14-16-8-7-15(9-20(16)26)21(30)11-27/h4-10,17H,11-14,27H2,1-3H3. The van der Waals surface area contributed by atoms with Crippen LogP contribution in [0, 0.1) is 17.6 Å². The first kappa shape index (κ1) is 24.3. The first-order valence-corrected chi connectivity index (χ1v) is 10.5. The van der Waals surface area contributed by atoms with Crippen molar-refractivity contribution in [1.82, 2.24) is 4.90 Å². The van der Waals surface area contributed by atoms with E-state index < -0.39 is 35.0 Å². The van der Waals surface area contributed by atoms with Crippen LogP contribution in [0.3, 0.4) is 0 Å². The summed E-state index contributed by atoms with van der Waals surface area (Å²) in [7, 11) is 0. The zero-order valence-electron chi connectivity index (χ0n) is 18.8. The van der Waals surface area contributed by atoms with Crippen LogP contribution in [0.25, 0.3) is 0 Å². The van der Waals surface area contributed by atoms with Gasteiger partial charge in [-0.1, -0.05) is 18.2 Å². The highest BCUT2D eigenvalue weighted by Gasteiger charge is 2.40. The zero-order chi connectivity index (χ0) is 24.3. The number of ketones is 1. The van der Waals surface area contributed by atoms with Gasteiger partial charge in [-0.25, -0.2) is 13.6 Å². The molecule has 0 aromatic heterocycles. The lowest BCUT2D eigenvalue weighted by Gasteiger charge is -2.41. The Balaban J connectivity index is 1.80. The highest BCUT2D eigenvalue weighted by Crippen LogP contribution is 2.27. The van der Waals surface area contributed by atoms with E-state index in [1.165, 1.54) is 40.1 Å². The summed E-state index contributed by atoms with van der Waals surface area (Å²) in [5.74, 6) is -2.54. The van der Waals surface area contributed by atoms with Crippen molar-refractivity contribution in [3.63, 3.8) is 0 Å². The molecular weight excluding hydrogens is 432 g/mol. The van der Waals surface area contributed by atoms with Gasteiger partial charge < -0.3 is 20.3 Å². The van der Waals surface area contributed by atoms with Gasteiger partial charge in [0.25, 0.3) is 0 Å². The number of Topliss-reactive ketones (excluding diaryl/α,β-unsaturated/α-hetero) is 1. The molecule has 1 heterocycles. The lowest BCUT2D eigenvalue weighted by Crippen LogP contribution is -2.57. The molecule has 0 aliphatic carbocycles. The molecule has 2 aromatic rings. The number of benzene rings is 2. The Labute approximate surface area is 191 Å². The molecule has 0 bridgehead atoms. The summed E-state index contributed by atoms with van der Waals surface area (Å²) in [6.45, 7) is 5.12. The van der Waals surface area contributed by atoms with Gasteiger partial charge >= 0.3 is 6.09 Å². The number of rotatable bonds is 6. The monoisotopic (exact) mass is 459 g/mol. The third-order valence-corrected chi connectivity index (χ3v) is 5.16. The fourth-order valence-corrected chi connectivity index (χ4v) is 3.41. The second-order valence-electron chi connectivity index (χ2n) is 8.92. The van der Waals surface area contributed by atoms with Crippen LogP contribution in [0.5, 0.6) is 0 Å². The Kier molecular flexibility index (Phi) is 7.12. The largest absolute Gasteiger partial charge is 0.444 e. The molecule has 1 aliphatic heterocycles. The second-order valence-corrected chi connectivity index (χ2v) is 8.92. The van der Waals surface area contributed by atoms with Gasteiger partial charge in [0.1, 0.15) is 17.2 Å². The number of ether oxygens (including phenoxy) is 1. The van der Waals surface area contributed by atoms with E-state index in [0.717, 1.165) is 6.07 Å². The van der Waals surface area contributed by atoms with E-state index in [-0.39, 0.29) is 48.9 Å². The number of anilines is 1. The molecule has 1 saturated heterocycles. The molecule has 2 amide bonds. The molecule has 0 spiro atoms. The summed E-state index contributed by atoms with van der Waals surface area (Å²) in [6, 6.07) is 9.36. The minimum Gasteiger partial charge on any atom is -0.444 e. The highest BCUT2D eigenvalue weighted by atomic mass is 19.1. The Morgan fingerprint density at radius 3 is 2.39 bits per heavy atom. The minimum absolute atomic E-state index is 0.134. The van der Waals surface area contributed by atoms with Gasteiger partial charge in [0.05, 0.1) is 19.0 Å². The Hall–Kier alpha value is -3.33. The first-order chi connectivity index (χ1) is 15.5. The van der Waals surface area contributed by atoms with Crippen LogP contribution >= 0.6 is 0 Å². The average molecular weight is 459 g/mol. The first-order valence-electron chi connectivity index (χ1n) is 10.5. The van der Waals surface area contributed by atoms with Crippen LogP contribution in [-0.4, -0.2) is 47.9 Å². The Morgan fingerprint density at radius 1 is 1.12 bits per heavy atom. The number of nitrogens with two attached hydrogens (primary N) is 1. The van der Waals surface area contributed by atoms with Crippen LogP contribution in [0.15, 0.2) is 42.5 Å². The summed E-state index contributed by atoms with van der Waals surface area (Å²) in [5, 5.41) is 0. The third kappa shape index (κ3) is 5.92. The number of hydrogen-bond donors (Lipinski definition) is 1. The van der Waals surface area contributed by atoms with Crippen molar-refractivity contribution in [2.24, 2.45) is 11.7 Å². The fraction of sp³-hybridized carbons (Fsp3) is 0.375. The predicted molar refractivity (Wildman–Crippen MR) is 119 cm³/mol. The van der Waals surface area contributed by atoms with E-state index in [2.05, 4.69) is 0 Å². The second kappa shape index (κ2) is 9.66. The maximum atomic E-state index is 14.7. The highest BCUT2D eigenvalue weighted by molar-refractivity contribution is 5.98. The third-order valence-electron chi connectivity index (χ3n) is 5.16. The van der Waals surface area contributed by atoms with E-state index >= 15 is 0 Å². The van der Waals surface area contributed by atoms with Crippen LogP contribution < -0.4 is 10.6 Å². The van der Waals surface area contributed by atoms with Crippen molar-refractivity contribution in [3.05, 3.63) is 65.2 Å². The molecular formula is C24H27F2N3O4. The summed E-state index contributed by atoms with van der Waals surface area (Å²) < 4.78 is 33.9. The van der Waals surface area contributed by atoms with E-state index in [4.69, 9.17) is 10.5 Å². The van der Waals surface area contributed by atoms with Gasteiger partial charge in [0.15, 0.2) is 5.78 Å². The molecule has 0 atom stereocenters. The van der Waals surface area contributed by atoms with E-state index in [9.17, 15) is 23.2 Å². The summed E-state index contributed by atoms with van der Waals surface area (Å²) in [4.78, 5) is 39.9. The molecule has 0 unspecified atom stereocenters. The maximum Gasteiger partial charge on any atom is 0.410 e. The van der Waals surface area contributed by atoms with Crippen molar-refractivity contribution < 1.29 is 27.9 Å². The lowest BCUT2D eigenvalue weighted by atomic mass is 9.98. The molecule has 176 valence electrons. The van der Waals surface area contributed by atoms with Crippen LogP contribution in [-0.2, 0) is 16.1 Å². The Morgan fingerprint density at radius 2 is 1.82 bits per heavy atom. The number of nitrogens with zero attached hydrogens (tertiary/aromatic N) is 2. The normalized spacial score (nSPS) is 13.9. The number of carbonyl (C=O) groups excluding carboxylic acids is 3. The number of amides is 2. The molecule has 0 radical (unpaired) electrons. The maximum absolute atomic E-state index is 14.7. The van der Waals surface area contributed by atoms with Gasteiger partial charge in [0, 0.05) is 29.9 Å². The molecule has 0 saturated carbocycles. The van der Waals surface area contributed by atoms with Gasteiger partial charge in [0.2, 0.25) is 5.91 Å². The van der Waals surface area contributed by atoms with Crippen molar-refractivity contribution in [2.75, 3.05) is 24.5 Å². The molecule has 33 heavy (non-hydrogen) atoms. The van der Waals surface area contributed by atoms with E-state index in [0.29, 0.717) is 0 Å².